The second-order valence-corrected chi connectivity index (χ2v) is 2.87. The van der Waals surface area contributed by atoms with Crippen molar-refractivity contribution in [3.05, 3.63) is 28.3 Å². The average Bonchev–Trinajstić information content (AvgIpc) is 1.96. The highest BCUT2D eigenvalue weighted by Gasteiger charge is 2.13. The van der Waals surface area contributed by atoms with Crippen LogP contribution in [0.2, 0.25) is 5.02 Å². The van der Waals surface area contributed by atoms with E-state index in [2.05, 4.69) is 0 Å². The molecular weight excluding hydrogens is 186 g/mol. The van der Waals surface area contributed by atoms with Crippen molar-refractivity contribution in [1.82, 2.24) is 0 Å². The zero-order valence-electron chi connectivity index (χ0n) is 6.31. The first-order valence-electron chi connectivity index (χ1n) is 3.29. The topological polar surface area (TPSA) is 20.2 Å². The first-order chi connectivity index (χ1) is 5.52. The molecule has 0 spiro atoms. The molecule has 0 radical (unpaired) electrons. The molecule has 0 heterocycles. The molecule has 0 unspecified atom stereocenters. The number of phenols is 1. The van der Waals surface area contributed by atoms with Gasteiger partial charge >= 0.3 is 0 Å². The SMILES string of the molecule is Cc1cc(C(F)F)c(Cl)cc1O. The Labute approximate surface area is 73.6 Å². The monoisotopic (exact) mass is 192 g/mol. The van der Waals surface area contributed by atoms with E-state index < -0.39 is 6.43 Å². The Balaban J connectivity index is 3.23. The third-order valence-corrected chi connectivity index (χ3v) is 1.88. The maximum Gasteiger partial charge on any atom is 0.265 e. The summed E-state index contributed by atoms with van der Waals surface area (Å²) >= 11 is 5.46. The number of benzene rings is 1. The molecule has 0 aliphatic carbocycles. The van der Waals surface area contributed by atoms with E-state index in [1.165, 1.54) is 13.0 Å². The van der Waals surface area contributed by atoms with Crippen LogP contribution in [0, 0.1) is 6.92 Å². The minimum atomic E-state index is -2.60. The van der Waals surface area contributed by atoms with Crippen LogP contribution < -0.4 is 0 Å². The highest BCUT2D eigenvalue weighted by molar-refractivity contribution is 6.31. The van der Waals surface area contributed by atoms with Gasteiger partial charge in [-0.1, -0.05) is 11.6 Å². The highest BCUT2D eigenvalue weighted by atomic mass is 35.5. The van der Waals surface area contributed by atoms with Crippen LogP contribution in [0.3, 0.4) is 0 Å². The minimum absolute atomic E-state index is 0.0654. The van der Waals surface area contributed by atoms with Gasteiger partial charge in [-0.2, -0.15) is 0 Å². The Bertz CT molecular complexity index is 299. The van der Waals surface area contributed by atoms with E-state index >= 15 is 0 Å². The Morgan fingerprint density at radius 2 is 2.00 bits per heavy atom. The van der Waals surface area contributed by atoms with Crippen LogP contribution in [-0.4, -0.2) is 5.11 Å². The molecule has 12 heavy (non-hydrogen) atoms. The van der Waals surface area contributed by atoms with E-state index in [1.807, 2.05) is 0 Å². The second-order valence-electron chi connectivity index (χ2n) is 2.46. The molecule has 0 bridgehead atoms. The third-order valence-electron chi connectivity index (χ3n) is 1.55. The number of hydrogen-bond acceptors (Lipinski definition) is 1. The fourth-order valence-corrected chi connectivity index (χ4v) is 1.10. The summed E-state index contributed by atoms with van der Waals surface area (Å²) in [5.41, 5.74) is 0.154. The van der Waals surface area contributed by atoms with Gasteiger partial charge in [-0.15, -0.1) is 0 Å². The lowest BCUT2D eigenvalue weighted by Crippen LogP contribution is -1.87. The standard InChI is InChI=1S/C8H7ClF2O/c1-4-2-5(8(10)11)6(9)3-7(4)12/h2-3,8,12H,1H3. The van der Waals surface area contributed by atoms with Gasteiger partial charge in [-0.3, -0.25) is 0 Å². The van der Waals surface area contributed by atoms with E-state index in [1.54, 1.807) is 0 Å². The molecule has 0 fully saturated rings. The largest absolute Gasteiger partial charge is 0.508 e. The number of phenolic OH excluding ortho intramolecular Hbond substituents is 1. The zero-order chi connectivity index (χ0) is 9.30. The molecule has 66 valence electrons. The summed E-state index contributed by atoms with van der Waals surface area (Å²) in [6, 6.07) is 2.31. The lowest BCUT2D eigenvalue weighted by atomic mass is 10.1. The summed E-state index contributed by atoms with van der Waals surface area (Å²) in [6.45, 7) is 1.54. The predicted molar refractivity (Wildman–Crippen MR) is 42.8 cm³/mol. The van der Waals surface area contributed by atoms with Crippen molar-refractivity contribution in [3.8, 4) is 5.75 Å². The highest BCUT2D eigenvalue weighted by Crippen LogP contribution is 2.31. The molecule has 4 heteroatoms. The number of hydrogen-bond donors (Lipinski definition) is 1. The molecule has 1 aromatic carbocycles. The van der Waals surface area contributed by atoms with Crippen LogP contribution in [0.15, 0.2) is 12.1 Å². The lowest BCUT2D eigenvalue weighted by molar-refractivity contribution is 0.151. The molecule has 0 saturated heterocycles. The van der Waals surface area contributed by atoms with Crippen LogP contribution in [0.1, 0.15) is 17.6 Å². The normalized spacial score (nSPS) is 10.8. The fraction of sp³-hybridized carbons (Fsp3) is 0.250. The first-order valence-corrected chi connectivity index (χ1v) is 3.67. The molecule has 1 N–H and O–H groups in total. The number of alkyl halides is 2. The van der Waals surface area contributed by atoms with Crippen LogP contribution >= 0.6 is 11.6 Å². The van der Waals surface area contributed by atoms with Crippen molar-refractivity contribution in [2.24, 2.45) is 0 Å². The summed E-state index contributed by atoms with van der Waals surface area (Å²) in [4.78, 5) is 0. The summed E-state index contributed by atoms with van der Waals surface area (Å²) in [6.07, 6.45) is -2.60. The lowest BCUT2D eigenvalue weighted by Gasteiger charge is -2.05. The van der Waals surface area contributed by atoms with Gasteiger partial charge in [0, 0.05) is 5.56 Å². The van der Waals surface area contributed by atoms with Gasteiger partial charge in [-0.25, -0.2) is 8.78 Å². The van der Waals surface area contributed by atoms with Crippen LogP contribution in [0.25, 0.3) is 0 Å². The van der Waals surface area contributed by atoms with Gasteiger partial charge in [0.15, 0.2) is 0 Å². The van der Waals surface area contributed by atoms with Gasteiger partial charge in [0.05, 0.1) is 5.02 Å². The van der Waals surface area contributed by atoms with Gasteiger partial charge in [0.25, 0.3) is 6.43 Å². The molecule has 1 nitrogen and oxygen atoms in total. The molecule has 0 aromatic heterocycles. The summed E-state index contributed by atoms with van der Waals surface area (Å²) in [7, 11) is 0. The predicted octanol–water partition coefficient (Wildman–Crippen LogP) is 3.29. The number of halogens is 3. The van der Waals surface area contributed by atoms with Crippen LogP contribution in [0.5, 0.6) is 5.75 Å². The zero-order valence-corrected chi connectivity index (χ0v) is 7.07. The fourth-order valence-electron chi connectivity index (χ4n) is 0.861. The molecule has 0 atom stereocenters. The summed E-state index contributed by atoms with van der Waals surface area (Å²) in [5.74, 6) is -0.0654. The molecule has 0 amide bonds. The van der Waals surface area contributed by atoms with Crippen LogP contribution in [0.4, 0.5) is 8.78 Å². The van der Waals surface area contributed by atoms with Crippen molar-refractivity contribution in [3.63, 3.8) is 0 Å². The third kappa shape index (κ3) is 1.67. The van der Waals surface area contributed by atoms with Gasteiger partial charge in [0.1, 0.15) is 5.75 Å². The number of aryl methyl sites for hydroxylation is 1. The van der Waals surface area contributed by atoms with E-state index in [-0.39, 0.29) is 16.3 Å². The van der Waals surface area contributed by atoms with Gasteiger partial charge in [-0.05, 0) is 24.6 Å². The molecule has 0 aliphatic rings. The molecule has 1 rings (SSSR count). The average molecular weight is 193 g/mol. The molecular formula is C8H7ClF2O. The van der Waals surface area contributed by atoms with Crippen molar-refractivity contribution in [1.29, 1.82) is 0 Å². The smallest absolute Gasteiger partial charge is 0.265 e. The van der Waals surface area contributed by atoms with Crippen molar-refractivity contribution in [2.75, 3.05) is 0 Å². The summed E-state index contributed by atoms with van der Waals surface area (Å²) < 4.78 is 24.3. The Kier molecular flexibility index (Phi) is 2.52. The van der Waals surface area contributed by atoms with E-state index in [0.717, 1.165) is 6.07 Å². The molecule has 0 aliphatic heterocycles. The minimum Gasteiger partial charge on any atom is -0.508 e. The van der Waals surface area contributed by atoms with Crippen LogP contribution in [-0.2, 0) is 0 Å². The van der Waals surface area contributed by atoms with Gasteiger partial charge in [0.2, 0.25) is 0 Å². The quantitative estimate of drug-likeness (QED) is 0.724. The molecule has 1 aromatic rings. The molecule has 0 saturated carbocycles. The van der Waals surface area contributed by atoms with E-state index in [0.29, 0.717) is 5.56 Å². The van der Waals surface area contributed by atoms with E-state index in [4.69, 9.17) is 16.7 Å². The Morgan fingerprint density at radius 1 is 1.42 bits per heavy atom. The summed E-state index contributed by atoms with van der Waals surface area (Å²) in [5, 5.41) is 8.97. The maximum atomic E-state index is 12.2. The van der Waals surface area contributed by atoms with Crippen molar-refractivity contribution < 1.29 is 13.9 Å². The maximum absolute atomic E-state index is 12.2. The van der Waals surface area contributed by atoms with Gasteiger partial charge < -0.3 is 5.11 Å². The second kappa shape index (κ2) is 3.27. The first kappa shape index (κ1) is 9.26. The number of aromatic hydroxyl groups is 1. The van der Waals surface area contributed by atoms with Crippen molar-refractivity contribution >= 4 is 11.6 Å². The van der Waals surface area contributed by atoms with Crippen molar-refractivity contribution in [2.45, 2.75) is 13.3 Å². The Morgan fingerprint density at radius 3 is 2.50 bits per heavy atom. The Hall–Kier alpha value is -0.830. The number of rotatable bonds is 1. The van der Waals surface area contributed by atoms with E-state index in [9.17, 15) is 8.78 Å².